The maximum Gasteiger partial charge on any atom is 0.302 e. The van der Waals surface area contributed by atoms with E-state index in [2.05, 4.69) is 20.8 Å². The van der Waals surface area contributed by atoms with Crippen molar-refractivity contribution in [1.29, 1.82) is 0 Å². The van der Waals surface area contributed by atoms with Crippen molar-refractivity contribution in [3.8, 4) is 0 Å². The van der Waals surface area contributed by atoms with E-state index in [0.29, 0.717) is 30.1 Å². The van der Waals surface area contributed by atoms with Gasteiger partial charge in [0.2, 0.25) is 5.78 Å². The van der Waals surface area contributed by atoms with Crippen molar-refractivity contribution in [2.24, 2.45) is 29.1 Å². The van der Waals surface area contributed by atoms with Crippen LogP contribution in [0.1, 0.15) is 47.0 Å². The van der Waals surface area contributed by atoms with E-state index in [0.717, 1.165) is 6.42 Å². The van der Waals surface area contributed by atoms with Crippen LogP contribution < -0.4 is 0 Å². The number of hydrogen-bond donors (Lipinski definition) is 0. The molecule has 4 unspecified atom stereocenters. The van der Waals surface area contributed by atoms with Gasteiger partial charge in [0.1, 0.15) is 0 Å². The number of halogens is 2. The monoisotopic (exact) mass is 244 g/mol. The first-order chi connectivity index (χ1) is 7.64. The number of hydrogen-bond acceptors (Lipinski definition) is 1. The lowest BCUT2D eigenvalue weighted by molar-refractivity contribution is -0.153. The minimum absolute atomic E-state index is 0.0632. The molecule has 2 bridgehead atoms. The van der Waals surface area contributed by atoms with Crippen LogP contribution in [0.2, 0.25) is 0 Å². The fourth-order valence-electron chi connectivity index (χ4n) is 3.94. The summed E-state index contributed by atoms with van der Waals surface area (Å²) in [5, 5.41) is 0. The molecule has 3 aliphatic carbocycles. The molecule has 0 saturated heterocycles. The van der Waals surface area contributed by atoms with Crippen LogP contribution in [0, 0.1) is 29.1 Å². The molecule has 0 aromatic rings. The Hall–Kier alpha value is -0.470. The molecule has 0 aromatic carbocycles. The summed E-state index contributed by atoms with van der Waals surface area (Å²) < 4.78 is 25.8. The number of rotatable bonds is 3. The summed E-state index contributed by atoms with van der Waals surface area (Å²) in [6.07, 6.45) is 2.24. The van der Waals surface area contributed by atoms with E-state index in [1.165, 1.54) is 6.42 Å². The highest BCUT2D eigenvalue weighted by atomic mass is 19.3. The lowest BCUT2D eigenvalue weighted by Crippen LogP contribution is -2.55. The van der Waals surface area contributed by atoms with Gasteiger partial charge in [-0.3, -0.25) is 4.79 Å². The van der Waals surface area contributed by atoms with Crippen LogP contribution in [-0.2, 0) is 4.79 Å². The minimum atomic E-state index is -3.16. The van der Waals surface area contributed by atoms with E-state index in [-0.39, 0.29) is 12.3 Å². The van der Waals surface area contributed by atoms with E-state index in [1.54, 1.807) is 0 Å². The second-order valence-corrected chi connectivity index (χ2v) is 6.73. The average molecular weight is 244 g/mol. The van der Waals surface area contributed by atoms with E-state index in [4.69, 9.17) is 0 Å². The van der Waals surface area contributed by atoms with Crippen molar-refractivity contribution < 1.29 is 13.6 Å². The molecule has 98 valence electrons. The molecule has 3 rings (SSSR count). The van der Waals surface area contributed by atoms with Gasteiger partial charge in [0, 0.05) is 13.3 Å². The highest BCUT2D eigenvalue weighted by Crippen LogP contribution is 2.63. The molecule has 0 radical (unpaired) electrons. The number of carbonyl (C=O) groups excluding carboxylic acids is 1. The molecular weight excluding hydrogens is 222 g/mol. The summed E-state index contributed by atoms with van der Waals surface area (Å²) in [4.78, 5) is 11.4. The Morgan fingerprint density at radius 2 is 1.94 bits per heavy atom. The van der Waals surface area contributed by atoms with Gasteiger partial charge in [-0.25, -0.2) is 0 Å². The zero-order valence-corrected chi connectivity index (χ0v) is 11.1. The minimum Gasteiger partial charge on any atom is -0.293 e. The lowest BCUT2D eigenvalue weighted by Gasteiger charge is -2.62. The third-order valence-electron chi connectivity index (χ3n) is 5.45. The Morgan fingerprint density at radius 3 is 2.35 bits per heavy atom. The van der Waals surface area contributed by atoms with E-state index in [1.807, 2.05) is 0 Å². The Labute approximate surface area is 102 Å². The van der Waals surface area contributed by atoms with Crippen molar-refractivity contribution >= 4 is 5.78 Å². The molecule has 4 atom stereocenters. The highest BCUT2D eigenvalue weighted by molar-refractivity contribution is 5.85. The molecule has 0 N–H and O–H groups in total. The van der Waals surface area contributed by atoms with Crippen LogP contribution >= 0.6 is 0 Å². The van der Waals surface area contributed by atoms with Gasteiger partial charge in [0.05, 0.1) is 0 Å². The predicted molar refractivity (Wildman–Crippen MR) is 62.9 cm³/mol. The summed E-state index contributed by atoms with van der Waals surface area (Å²) in [6, 6.07) is 0. The normalized spacial score (nSPS) is 39.6. The SMILES string of the molecule is CC1C(CC(=O)C(C)(F)F)CC2CC1C2(C)C. The van der Waals surface area contributed by atoms with Gasteiger partial charge in [-0.2, -0.15) is 8.78 Å². The molecule has 3 fully saturated rings. The average Bonchev–Trinajstić information content (AvgIpc) is 2.18. The molecule has 1 nitrogen and oxygen atoms in total. The molecule has 17 heavy (non-hydrogen) atoms. The summed E-state index contributed by atoms with van der Waals surface area (Å²) >= 11 is 0. The van der Waals surface area contributed by atoms with Crippen LogP contribution in [0.5, 0.6) is 0 Å². The van der Waals surface area contributed by atoms with E-state index >= 15 is 0 Å². The largest absolute Gasteiger partial charge is 0.302 e. The second kappa shape index (κ2) is 3.76. The summed E-state index contributed by atoms with van der Waals surface area (Å²) in [7, 11) is 0. The topological polar surface area (TPSA) is 17.1 Å². The number of ketones is 1. The molecule has 3 heteroatoms. The van der Waals surface area contributed by atoms with Gasteiger partial charge in [-0.05, 0) is 41.9 Å². The fourth-order valence-corrected chi connectivity index (χ4v) is 3.94. The molecular formula is C14H22F2O. The Bertz CT molecular complexity index is 330. The number of carbonyl (C=O) groups is 1. The van der Waals surface area contributed by atoms with Crippen LogP contribution in [-0.4, -0.2) is 11.7 Å². The van der Waals surface area contributed by atoms with Crippen molar-refractivity contribution in [3.63, 3.8) is 0 Å². The van der Waals surface area contributed by atoms with Crippen LogP contribution in [0.15, 0.2) is 0 Å². The van der Waals surface area contributed by atoms with Gasteiger partial charge >= 0.3 is 5.92 Å². The van der Waals surface area contributed by atoms with Gasteiger partial charge in [0.15, 0.2) is 0 Å². The van der Waals surface area contributed by atoms with E-state index < -0.39 is 11.7 Å². The smallest absolute Gasteiger partial charge is 0.293 e. The van der Waals surface area contributed by atoms with Crippen molar-refractivity contribution in [1.82, 2.24) is 0 Å². The van der Waals surface area contributed by atoms with Crippen LogP contribution in [0.4, 0.5) is 8.78 Å². The quantitative estimate of drug-likeness (QED) is 0.735. The van der Waals surface area contributed by atoms with Crippen molar-refractivity contribution in [3.05, 3.63) is 0 Å². The zero-order valence-electron chi connectivity index (χ0n) is 11.1. The Balaban J connectivity index is 2.00. The van der Waals surface area contributed by atoms with Crippen molar-refractivity contribution in [2.45, 2.75) is 52.9 Å². The fraction of sp³-hybridized carbons (Fsp3) is 0.929. The third kappa shape index (κ3) is 2.02. The first-order valence-electron chi connectivity index (χ1n) is 6.55. The zero-order chi connectivity index (χ0) is 13.0. The van der Waals surface area contributed by atoms with Gasteiger partial charge in [-0.1, -0.05) is 20.8 Å². The summed E-state index contributed by atoms with van der Waals surface area (Å²) in [6.45, 7) is 7.39. The third-order valence-corrected chi connectivity index (χ3v) is 5.45. The number of fused-ring (bicyclic) bond motifs is 2. The van der Waals surface area contributed by atoms with Crippen LogP contribution in [0.25, 0.3) is 0 Å². The molecule has 3 aliphatic rings. The Kier molecular flexibility index (Phi) is 2.87. The second-order valence-electron chi connectivity index (χ2n) is 6.73. The maximum absolute atomic E-state index is 12.9. The van der Waals surface area contributed by atoms with Gasteiger partial charge in [0.25, 0.3) is 0 Å². The molecule has 0 amide bonds. The number of alkyl halides is 2. The van der Waals surface area contributed by atoms with Crippen LogP contribution in [0.3, 0.4) is 0 Å². The molecule has 0 spiro atoms. The highest BCUT2D eigenvalue weighted by Gasteiger charge is 2.56. The van der Waals surface area contributed by atoms with Crippen molar-refractivity contribution in [2.75, 3.05) is 0 Å². The molecule has 3 saturated carbocycles. The standard InChI is InChI=1S/C14H22F2O/c1-8-9(6-12(17)14(4,15)16)5-10-7-11(8)13(10,2)3/h8-11H,5-7H2,1-4H3. The van der Waals surface area contributed by atoms with Gasteiger partial charge < -0.3 is 0 Å². The maximum atomic E-state index is 12.9. The first-order valence-corrected chi connectivity index (χ1v) is 6.55. The number of Topliss-reactive ketones (excluding diaryl/α,β-unsaturated/α-hetero) is 1. The molecule has 0 heterocycles. The summed E-state index contributed by atoms with van der Waals surface area (Å²) in [5.74, 6) is -2.21. The van der Waals surface area contributed by atoms with E-state index in [9.17, 15) is 13.6 Å². The Morgan fingerprint density at radius 1 is 1.35 bits per heavy atom. The molecule has 0 aromatic heterocycles. The lowest BCUT2D eigenvalue weighted by atomic mass is 9.43. The predicted octanol–water partition coefficient (Wildman–Crippen LogP) is 3.92. The first kappa shape index (κ1) is 13.0. The van der Waals surface area contributed by atoms with Gasteiger partial charge in [-0.15, -0.1) is 0 Å². The summed E-state index contributed by atoms with van der Waals surface area (Å²) in [5.41, 5.74) is 0.355. The molecule has 0 aliphatic heterocycles.